The van der Waals surface area contributed by atoms with Gasteiger partial charge in [-0.15, -0.1) is 0 Å². The molecule has 8 heteroatoms. The summed E-state index contributed by atoms with van der Waals surface area (Å²) in [6.45, 7) is 0.636. The number of carbonyl (C=O) groups is 2. The maximum atomic E-state index is 13.5. The van der Waals surface area contributed by atoms with Crippen molar-refractivity contribution in [2.45, 2.75) is 12.5 Å². The number of aliphatic hydroxyl groups excluding tert-OH is 1. The second-order valence-corrected chi connectivity index (χ2v) is 7.38. The summed E-state index contributed by atoms with van der Waals surface area (Å²) >= 11 is 0. The van der Waals surface area contributed by atoms with Gasteiger partial charge in [-0.3, -0.25) is 9.59 Å². The highest BCUT2D eigenvalue weighted by Crippen LogP contribution is 2.40. The molecule has 1 N–H and O–H groups in total. The minimum atomic E-state index is -0.887. The number of fused-ring (bicyclic) bond motifs is 1. The van der Waals surface area contributed by atoms with Crippen molar-refractivity contribution in [2.75, 3.05) is 27.4 Å². The highest BCUT2D eigenvalue weighted by molar-refractivity contribution is 6.16. The number of amides is 1. The average molecular weight is 439 g/mol. The van der Waals surface area contributed by atoms with Gasteiger partial charge < -0.3 is 23.9 Å². The third kappa shape index (κ3) is 3.73. The predicted octanol–water partition coefficient (Wildman–Crippen LogP) is 4.20. The summed E-state index contributed by atoms with van der Waals surface area (Å²) in [6, 6.07) is 11.4. The van der Waals surface area contributed by atoms with Gasteiger partial charge in [0.05, 0.1) is 18.7 Å². The SMILES string of the molecule is COCCCN1C(=O)C(O)=C(C(=O)c2cc3cccc(OC)c3o2)C1c1ccc(F)cc1. The highest BCUT2D eigenvalue weighted by atomic mass is 19.1. The first-order valence-corrected chi connectivity index (χ1v) is 10.1. The van der Waals surface area contributed by atoms with Crippen LogP contribution in [0.4, 0.5) is 4.39 Å². The normalized spacial score (nSPS) is 16.3. The highest BCUT2D eigenvalue weighted by Gasteiger charge is 2.44. The number of hydrogen-bond donors (Lipinski definition) is 1. The molecule has 1 amide bonds. The van der Waals surface area contributed by atoms with E-state index in [-0.39, 0.29) is 17.9 Å². The van der Waals surface area contributed by atoms with Crippen molar-refractivity contribution in [1.82, 2.24) is 4.90 Å². The standard InChI is InChI=1S/C24H22FNO6/c1-30-12-4-11-26-20(14-7-9-16(25)10-8-14)19(22(28)24(26)29)21(27)18-13-15-5-3-6-17(31-2)23(15)32-18/h3,5-10,13,20,28H,4,11-12H2,1-2H3. The molecule has 0 aliphatic carbocycles. The molecule has 0 spiro atoms. The average Bonchev–Trinajstić information content (AvgIpc) is 3.34. The van der Waals surface area contributed by atoms with Gasteiger partial charge in [-0.05, 0) is 36.2 Å². The molecule has 0 fully saturated rings. The fourth-order valence-corrected chi connectivity index (χ4v) is 3.93. The molecule has 1 aliphatic rings. The Morgan fingerprint density at radius 3 is 2.62 bits per heavy atom. The van der Waals surface area contributed by atoms with Gasteiger partial charge in [0.1, 0.15) is 5.82 Å². The molecule has 0 radical (unpaired) electrons. The topological polar surface area (TPSA) is 89.2 Å². The van der Waals surface area contributed by atoms with Gasteiger partial charge in [0, 0.05) is 25.6 Å². The number of ketones is 1. The van der Waals surface area contributed by atoms with Crippen LogP contribution in [0.15, 0.2) is 64.3 Å². The summed E-state index contributed by atoms with van der Waals surface area (Å²) < 4.78 is 29.6. The molecule has 1 aliphatic heterocycles. The number of benzene rings is 2. The maximum Gasteiger partial charge on any atom is 0.290 e. The number of furan rings is 1. The van der Waals surface area contributed by atoms with Crippen LogP contribution < -0.4 is 4.74 Å². The molecule has 2 heterocycles. The summed E-state index contributed by atoms with van der Waals surface area (Å²) in [5, 5.41) is 11.3. The van der Waals surface area contributed by atoms with Crippen molar-refractivity contribution >= 4 is 22.7 Å². The van der Waals surface area contributed by atoms with Crippen LogP contribution in [0, 0.1) is 5.82 Å². The Hall–Kier alpha value is -3.65. The Morgan fingerprint density at radius 2 is 1.94 bits per heavy atom. The van der Waals surface area contributed by atoms with E-state index in [1.165, 1.54) is 36.3 Å². The second-order valence-electron chi connectivity index (χ2n) is 7.38. The first-order valence-electron chi connectivity index (χ1n) is 10.1. The number of aliphatic hydroxyl groups is 1. The molecule has 1 aromatic heterocycles. The Labute approximate surface area is 183 Å². The summed E-state index contributed by atoms with van der Waals surface area (Å²) in [5.41, 5.74) is 0.772. The lowest BCUT2D eigenvalue weighted by Crippen LogP contribution is -2.32. The van der Waals surface area contributed by atoms with Crippen LogP contribution >= 0.6 is 0 Å². The fourth-order valence-electron chi connectivity index (χ4n) is 3.93. The molecule has 0 bridgehead atoms. The smallest absolute Gasteiger partial charge is 0.290 e. The molecule has 2 aromatic carbocycles. The number of hydrogen-bond acceptors (Lipinski definition) is 6. The Morgan fingerprint density at radius 1 is 1.19 bits per heavy atom. The molecule has 3 aromatic rings. The summed E-state index contributed by atoms with van der Waals surface area (Å²) in [6.07, 6.45) is 0.497. The molecule has 4 rings (SSSR count). The van der Waals surface area contributed by atoms with E-state index in [4.69, 9.17) is 13.9 Å². The third-order valence-electron chi connectivity index (χ3n) is 5.43. The van der Waals surface area contributed by atoms with Crippen LogP contribution in [0.1, 0.15) is 28.6 Å². The lowest BCUT2D eigenvalue weighted by molar-refractivity contribution is -0.129. The zero-order chi connectivity index (χ0) is 22.8. The van der Waals surface area contributed by atoms with E-state index >= 15 is 0 Å². The first-order chi connectivity index (χ1) is 15.5. The number of carbonyl (C=O) groups excluding carboxylic acids is 2. The lowest BCUT2D eigenvalue weighted by Gasteiger charge is -2.26. The fraction of sp³-hybridized carbons (Fsp3) is 0.250. The van der Waals surface area contributed by atoms with Gasteiger partial charge in [-0.2, -0.15) is 0 Å². The van der Waals surface area contributed by atoms with Crippen molar-refractivity contribution in [3.63, 3.8) is 0 Å². The number of ether oxygens (including phenoxy) is 2. The zero-order valence-electron chi connectivity index (χ0n) is 17.6. The van der Waals surface area contributed by atoms with Crippen LogP contribution in [0.2, 0.25) is 0 Å². The van der Waals surface area contributed by atoms with Gasteiger partial charge in [-0.25, -0.2) is 4.39 Å². The van der Waals surface area contributed by atoms with Crippen LogP contribution in [-0.2, 0) is 9.53 Å². The minimum absolute atomic E-state index is 0.0373. The van der Waals surface area contributed by atoms with Gasteiger partial charge in [-0.1, -0.05) is 24.3 Å². The molecular weight excluding hydrogens is 417 g/mol. The summed E-state index contributed by atoms with van der Waals surface area (Å²) in [7, 11) is 3.04. The Bertz CT molecular complexity index is 1200. The molecule has 0 saturated heterocycles. The molecule has 7 nitrogen and oxygen atoms in total. The number of rotatable bonds is 8. The van der Waals surface area contributed by atoms with E-state index in [2.05, 4.69) is 0 Å². The maximum absolute atomic E-state index is 13.5. The number of halogens is 1. The molecule has 1 atom stereocenters. The minimum Gasteiger partial charge on any atom is -0.503 e. The van der Waals surface area contributed by atoms with E-state index in [0.717, 1.165) is 0 Å². The largest absolute Gasteiger partial charge is 0.503 e. The number of methoxy groups -OCH3 is 2. The number of para-hydroxylation sites is 1. The van der Waals surface area contributed by atoms with E-state index in [1.54, 1.807) is 31.4 Å². The Balaban J connectivity index is 1.78. The quantitative estimate of drug-likeness (QED) is 0.418. The van der Waals surface area contributed by atoms with E-state index < -0.39 is 29.3 Å². The summed E-state index contributed by atoms with van der Waals surface area (Å²) in [4.78, 5) is 27.7. The monoisotopic (exact) mass is 439 g/mol. The Kier molecular flexibility index (Phi) is 5.96. The zero-order valence-corrected chi connectivity index (χ0v) is 17.6. The molecule has 1 unspecified atom stereocenters. The first kappa shape index (κ1) is 21.6. The van der Waals surface area contributed by atoms with Crippen molar-refractivity contribution < 1.29 is 33.0 Å². The van der Waals surface area contributed by atoms with E-state index in [0.29, 0.717) is 35.3 Å². The number of Topliss-reactive ketones (excluding diaryl/α,β-unsaturated/α-hetero) is 1. The van der Waals surface area contributed by atoms with E-state index in [1.807, 2.05) is 0 Å². The van der Waals surface area contributed by atoms with Crippen LogP contribution in [0.3, 0.4) is 0 Å². The molecule has 0 saturated carbocycles. The molecule has 32 heavy (non-hydrogen) atoms. The van der Waals surface area contributed by atoms with Crippen molar-refractivity contribution in [2.24, 2.45) is 0 Å². The van der Waals surface area contributed by atoms with Gasteiger partial charge >= 0.3 is 0 Å². The van der Waals surface area contributed by atoms with Crippen molar-refractivity contribution in [3.8, 4) is 5.75 Å². The van der Waals surface area contributed by atoms with Gasteiger partial charge in [0.2, 0.25) is 5.78 Å². The van der Waals surface area contributed by atoms with Crippen LogP contribution in [0.5, 0.6) is 5.75 Å². The second kappa shape index (κ2) is 8.84. The molecular formula is C24H22FNO6. The van der Waals surface area contributed by atoms with Gasteiger partial charge in [0.15, 0.2) is 22.9 Å². The number of nitrogens with zero attached hydrogens (tertiary/aromatic N) is 1. The third-order valence-corrected chi connectivity index (χ3v) is 5.43. The lowest BCUT2D eigenvalue weighted by atomic mass is 9.95. The predicted molar refractivity (Wildman–Crippen MR) is 114 cm³/mol. The van der Waals surface area contributed by atoms with Crippen LogP contribution in [0.25, 0.3) is 11.0 Å². The van der Waals surface area contributed by atoms with Crippen molar-refractivity contribution in [3.05, 3.63) is 77.0 Å². The van der Waals surface area contributed by atoms with E-state index in [9.17, 15) is 19.1 Å². The summed E-state index contributed by atoms with van der Waals surface area (Å²) in [5.74, 6) is -1.98. The van der Waals surface area contributed by atoms with Crippen LogP contribution in [-0.4, -0.2) is 49.1 Å². The van der Waals surface area contributed by atoms with Crippen molar-refractivity contribution in [1.29, 1.82) is 0 Å². The van der Waals surface area contributed by atoms with Gasteiger partial charge in [0.25, 0.3) is 5.91 Å². The molecule has 166 valence electrons.